The maximum Gasteiger partial charge on any atom is 0.145 e. The number of hydrogen-bond acceptors (Lipinski definition) is 2. The predicted molar refractivity (Wildman–Crippen MR) is 45.7 cm³/mol. The van der Waals surface area contributed by atoms with Crippen LogP contribution >= 0.6 is 0 Å². The predicted octanol–water partition coefficient (Wildman–Crippen LogP) is 1.43. The first-order valence-electron chi connectivity index (χ1n) is 4.24. The van der Waals surface area contributed by atoms with Gasteiger partial charge < -0.3 is 9.84 Å². The van der Waals surface area contributed by atoms with Crippen molar-refractivity contribution in [1.82, 2.24) is 0 Å². The van der Waals surface area contributed by atoms with E-state index in [0.29, 0.717) is 12.2 Å². The van der Waals surface area contributed by atoms with Crippen molar-refractivity contribution in [1.29, 1.82) is 0 Å². The molecule has 2 rings (SSSR count). The van der Waals surface area contributed by atoms with Gasteiger partial charge in [-0.2, -0.15) is 0 Å². The highest BCUT2D eigenvalue weighted by Gasteiger charge is 2.52. The first-order valence-corrected chi connectivity index (χ1v) is 4.24. The fourth-order valence-corrected chi connectivity index (χ4v) is 1.50. The highest BCUT2D eigenvalue weighted by atomic mass is 19.1. The molecule has 0 aliphatic carbocycles. The summed E-state index contributed by atoms with van der Waals surface area (Å²) in [6, 6.07) is 6.39. The summed E-state index contributed by atoms with van der Waals surface area (Å²) in [7, 11) is 0. The van der Waals surface area contributed by atoms with E-state index in [9.17, 15) is 9.50 Å². The lowest BCUT2D eigenvalue weighted by molar-refractivity contribution is 0.0863. The molecule has 0 bridgehead atoms. The van der Waals surface area contributed by atoms with Crippen LogP contribution in [0, 0.1) is 5.82 Å². The van der Waals surface area contributed by atoms with E-state index in [4.69, 9.17) is 4.74 Å². The molecule has 0 radical (unpaired) electrons. The van der Waals surface area contributed by atoms with Crippen LogP contribution in [0.3, 0.4) is 0 Å². The van der Waals surface area contributed by atoms with Crippen molar-refractivity contribution in [2.45, 2.75) is 18.6 Å². The molecule has 1 fully saturated rings. The second-order valence-corrected chi connectivity index (χ2v) is 3.33. The molecule has 1 aliphatic rings. The number of rotatable bonds is 2. The van der Waals surface area contributed by atoms with Crippen LogP contribution in [0.5, 0.6) is 0 Å². The number of aliphatic hydroxyl groups is 1. The van der Waals surface area contributed by atoms with E-state index in [1.807, 2.05) is 0 Å². The molecule has 2 nitrogen and oxygen atoms in total. The lowest BCUT2D eigenvalue weighted by Gasteiger charge is -2.15. The van der Waals surface area contributed by atoms with E-state index in [-0.39, 0.29) is 5.82 Å². The largest absolute Gasteiger partial charge is 0.390 e. The Balaban J connectivity index is 2.41. The third kappa shape index (κ3) is 1.24. The summed E-state index contributed by atoms with van der Waals surface area (Å²) in [4.78, 5) is 0. The van der Waals surface area contributed by atoms with Crippen molar-refractivity contribution >= 4 is 0 Å². The molecule has 0 unspecified atom stereocenters. The molecule has 1 N–H and O–H groups in total. The van der Waals surface area contributed by atoms with Gasteiger partial charge in [-0.3, -0.25) is 0 Å². The first-order chi connectivity index (χ1) is 6.17. The smallest absolute Gasteiger partial charge is 0.145 e. The van der Waals surface area contributed by atoms with Gasteiger partial charge in [0.1, 0.15) is 11.4 Å². The highest BCUT2D eigenvalue weighted by molar-refractivity contribution is 5.29. The molecule has 1 heterocycles. The Bertz CT molecular complexity index is 318. The maximum absolute atomic E-state index is 13.3. The minimum absolute atomic E-state index is 0.319. The van der Waals surface area contributed by atoms with Gasteiger partial charge in [0.05, 0.1) is 12.7 Å². The molecule has 13 heavy (non-hydrogen) atoms. The number of halogens is 1. The summed E-state index contributed by atoms with van der Waals surface area (Å²) >= 11 is 0. The van der Waals surface area contributed by atoms with Gasteiger partial charge >= 0.3 is 0 Å². The van der Waals surface area contributed by atoms with Crippen LogP contribution in [-0.2, 0) is 10.3 Å². The highest BCUT2D eigenvalue weighted by Crippen LogP contribution is 2.42. The van der Waals surface area contributed by atoms with Gasteiger partial charge in [0.15, 0.2) is 0 Å². The van der Waals surface area contributed by atoms with Gasteiger partial charge in [-0.15, -0.1) is 0 Å². The average Bonchev–Trinajstić information content (AvgIpc) is 2.85. The van der Waals surface area contributed by atoms with Crippen molar-refractivity contribution in [2.75, 3.05) is 6.61 Å². The molecule has 2 atom stereocenters. The number of benzene rings is 1. The van der Waals surface area contributed by atoms with Crippen molar-refractivity contribution in [3.8, 4) is 0 Å². The van der Waals surface area contributed by atoms with E-state index in [1.165, 1.54) is 6.07 Å². The Morgan fingerprint density at radius 1 is 1.54 bits per heavy atom. The molecule has 1 aliphatic heterocycles. The normalized spacial score (nSPS) is 28.5. The average molecular weight is 182 g/mol. The van der Waals surface area contributed by atoms with E-state index in [2.05, 4.69) is 0 Å². The van der Waals surface area contributed by atoms with Gasteiger partial charge in [0.2, 0.25) is 0 Å². The Hall–Kier alpha value is -0.930. The molecule has 0 aromatic heterocycles. The minimum atomic E-state index is -0.786. The summed E-state index contributed by atoms with van der Waals surface area (Å²) in [6.07, 6.45) is -0.676. The third-order valence-electron chi connectivity index (χ3n) is 2.46. The van der Waals surface area contributed by atoms with Crippen LogP contribution < -0.4 is 0 Å². The quantitative estimate of drug-likeness (QED) is 0.702. The third-order valence-corrected chi connectivity index (χ3v) is 2.46. The van der Waals surface area contributed by atoms with Crippen LogP contribution in [-0.4, -0.2) is 17.8 Å². The van der Waals surface area contributed by atoms with Crippen LogP contribution in [0.2, 0.25) is 0 Å². The van der Waals surface area contributed by atoms with E-state index in [1.54, 1.807) is 25.1 Å². The molecule has 1 aromatic carbocycles. The molecule has 70 valence electrons. The molecule has 0 amide bonds. The zero-order valence-corrected chi connectivity index (χ0v) is 7.33. The van der Waals surface area contributed by atoms with Gasteiger partial charge in [0, 0.05) is 5.56 Å². The second-order valence-electron chi connectivity index (χ2n) is 3.33. The Morgan fingerprint density at radius 3 is 2.62 bits per heavy atom. The van der Waals surface area contributed by atoms with Crippen LogP contribution in [0.15, 0.2) is 24.3 Å². The fourth-order valence-electron chi connectivity index (χ4n) is 1.50. The monoisotopic (exact) mass is 182 g/mol. The summed E-state index contributed by atoms with van der Waals surface area (Å²) in [6.45, 7) is 2.00. The van der Waals surface area contributed by atoms with Gasteiger partial charge in [-0.1, -0.05) is 18.2 Å². The van der Waals surface area contributed by atoms with Gasteiger partial charge in [-0.25, -0.2) is 4.39 Å². The summed E-state index contributed by atoms with van der Waals surface area (Å²) in [5.74, 6) is -0.319. The molecule has 0 saturated carbocycles. The first kappa shape index (κ1) is 8.66. The summed E-state index contributed by atoms with van der Waals surface area (Å²) in [5, 5.41) is 9.43. The second kappa shape index (κ2) is 2.79. The van der Waals surface area contributed by atoms with Crippen molar-refractivity contribution < 1.29 is 14.2 Å². The molecular weight excluding hydrogens is 171 g/mol. The number of hydrogen-bond donors (Lipinski definition) is 1. The van der Waals surface area contributed by atoms with Crippen molar-refractivity contribution in [3.63, 3.8) is 0 Å². The summed E-state index contributed by atoms with van der Waals surface area (Å²) in [5.41, 5.74) is -0.337. The lowest BCUT2D eigenvalue weighted by atomic mass is 9.94. The number of epoxide rings is 1. The Labute approximate surface area is 76.0 Å². The maximum atomic E-state index is 13.3. The van der Waals surface area contributed by atoms with E-state index in [0.717, 1.165) is 0 Å². The zero-order chi connectivity index (χ0) is 9.47. The van der Waals surface area contributed by atoms with Gasteiger partial charge in [-0.05, 0) is 13.0 Å². The van der Waals surface area contributed by atoms with E-state index < -0.39 is 11.7 Å². The lowest BCUT2D eigenvalue weighted by Crippen LogP contribution is -2.25. The van der Waals surface area contributed by atoms with Gasteiger partial charge in [0.25, 0.3) is 0 Å². The van der Waals surface area contributed by atoms with Crippen molar-refractivity contribution in [2.24, 2.45) is 0 Å². The molecule has 1 aromatic rings. The van der Waals surface area contributed by atoms with Crippen molar-refractivity contribution in [3.05, 3.63) is 35.6 Å². The van der Waals surface area contributed by atoms with Crippen LogP contribution in [0.25, 0.3) is 0 Å². The zero-order valence-electron chi connectivity index (χ0n) is 7.33. The Kier molecular flexibility index (Phi) is 1.86. The topological polar surface area (TPSA) is 32.8 Å². The Morgan fingerprint density at radius 2 is 2.15 bits per heavy atom. The molecule has 3 heteroatoms. The fraction of sp³-hybridized carbons (Fsp3) is 0.400. The molecule has 1 saturated heterocycles. The van der Waals surface area contributed by atoms with Crippen LogP contribution in [0.1, 0.15) is 12.5 Å². The molecule has 0 spiro atoms. The SMILES string of the molecule is C[C@@H](O)[C@]1(c2ccccc2F)CO1. The number of aliphatic hydroxyl groups excluding tert-OH is 1. The standard InChI is InChI=1S/C10H11FO2/c1-7(12)10(6-13-10)8-4-2-3-5-9(8)11/h2-5,7,12H,6H2,1H3/t7-,10+/m1/s1. The molecular formula is C10H11FO2. The number of ether oxygens (including phenoxy) is 1. The van der Waals surface area contributed by atoms with Crippen LogP contribution in [0.4, 0.5) is 4.39 Å². The van der Waals surface area contributed by atoms with E-state index >= 15 is 0 Å². The summed E-state index contributed by atoms with van der Waals surface area (Å²) < 4.78 is 18.4. The minimum Gasteiger partial charge on any atom is -0.390 e.